The SMILES string of the molecule is NC(=O)CCC(NC(=O)C(CC(N)=O)NC(=O)C(N)Cc1ccc(O)cc1)C(=O)NCC(=O)O. The quantitative estimate of drug-likeness (QED) is 0.132. The van der Waals surface area contributed by atoms with Gasteiger partial charge in [0.2, 0.25) is 29.5 Å². The number of rotatable bonds is 14. The lowest BCUT2D eigenvalue weighted by Gasteiger charge is -2.23. The van der Waals surface area contributed by atoms with Crippen molar-refractivity contribution in [3.05, 3.63) is 29.8 Å². The molecule has 0 aliphatic heterocycles. The van der Waals surface area contributed by atoms with Crippen LogP contribution in [0, 0.1) is 0 Å². The normalized spacial score (nSPS) is 13.1. The molecule has 0 heterocycles. The van der Waals surface area contributed by atoms with Gasteiger partial charge in [-0.15, -0.1) is 0 Å². The highest BCUT2D eigenvalue weighted by atomic mass is 16.4. The van der Waals surface area contributed by atoms with Crippen molar-refractivity contribution in [2.45, 2.75) is 43.8 Å². The lowest BCUT2D eigenvalue weighted by molar-refractivity contribution is -0.139. The van der Waals surface area contributed by atoms with Gasteiger partial charge in [-0.05, 0) is 30.5 Å². The maximum atomic E-state index is 12.7. The Bertz CT molecular complexity index is 920. The third kappa shape index (κ3) is 10.4. The van der Waals surface area contributed by atoms with Crippen molar-refractivity contribution in [3.8, 4) is 5.75 Å². The first kappa shape index (κ1) is 27.8. The number of phenols is 1. The molecular formula is C20H28N6O8. The van der Waals surface area contributed by atoms with E-state index in [1.54, 1.807) is 12.1 Å². The van der Waals surface area contributed by atoms with E-state index in [0.29, 0.717) is 5.56 Å². The molecule has 186 valence electrons. The van der Waals surface area contributed by atoms with Crippen molar-refractivity contribution in [2.75, 3.05) is 6.54 Å². The number of phenolic OH excluding ortho intramolecular Hbond substituents is 1. The van der Waals surface area contributed by atoms with Crippen molar-refractivity contribution in [1.82, 2.24) is 16.0 Å². The average Bonchev–Trinajstić information content (AvgIpc) is 2.75. The molecule has 1 aromatic carbocycles. The van der Waals surface area contributed by atoms with E-state index in [-0.39, 0.29) is 25.0 Å². The Labute approximate surface area is 194 Å². The maximum Gasteiger partial charge on any atom is 0.322 e. The molecule has 0 fully saturated rings. The first-order valence-electron chi connectivity index (χ1n) is 10.1. The van der Waals surface area contributed by atoms with Crippen LogP contribution in [0.5, 0.6) is 5.75 Å². The second kappa shape index (κ2) is 13.4. The third-order valence-corrected chi connectivity index (χ3v) is 4.49. The Hall–Kier alpha value is -4.20. The molecule has 0 radical (unpaired) electrons. The van der Waals surface area contributed by atoms with E-state index in [1.165, 1.54) is 12.1 Å². The van der Waals surface area contributed by atoms with Gasteiger partial charge in [-0.2, -0.15) is 0 Å². The van der Waals surface area contributed by atoms with Crippen molar-refractivity contribution in [2.24, 2.45) is 17.2 Å². The summed E-state index contributed by atoms with van der Waals surface area (Å²) in [7, 11) is 0. The van der Waals surface area contributed by atoms with Gasteiger partial charge in [-0.25, -0.2) is 0 Å². The number of primary amides is 2. The molecule has 14 heteroatoms. The number of nitrogens with two attached hydrogens (primary N) is 3. The zero-order valence-corrected chi connectivity index (χ0v) is 18.2. The smallest absolute Gasteiger partial charge is 0.322 e. The molecular weight excluding hydrogens is 452 g/mol. The Balaban J connectivity index is 2.90. The average molecular weight is 480 g/mol. The van der Waals surface area contributed by atoms with Crippen LogP contribution in [0.3, 0.4) is 0 Å². The van der Waals surface area contributed by atoms with Crippen LogP contribution < -0.4 is 33.2 Å². The number of aliphatic carboxylic acids is 1. The predicted octanol–water partition coefficient (Wildman–Crippen LogP) is -3.43. The zero-order chi connectivity index (χ0) is 25.8. The minimum Gasteiger partial charge on any atom is -0.508 e. The number of aromatic hydroxyl groups is 1. The van der Waals surface area contributed by atoms with Crippen LogP contribution in [0.25, 0.3) is 0 Å². The molecule has 0 aliphatic carbocycles. The van der Waals surface area contributed by atoms with Crippen LogP contribution in [0.2, 0.25) is 0 Å². The van der Waals surface area contributed by atoms with Crippen molar-refractivity contribution < 1.29 is 39.0 Å². The predicted molar refractivity (Wildman–Crippen MR) is 117 cm³/mol. The van der Waals surface area contributed by atoms with Gasteiger partial charge in [0.05, 0.1) is 12.5 Å². The molecule has 1 rings (SSSR count). The van der Waals surface area contributed by atoms with E-state index in [4.69, 9.17) is 22.3 Å². The molecule has 0 aliphatic rings. The molecule has 0 bridgehead atoms. The van der Waals surface area contributed by atoms with Gasteiger partial charge in [-0.3, -0.25) is 28.8 Å². The summed E-state index contributed by atoms with van der Waals surface area (Å²) in [6, 6.07) is 1.91. The number of benzene rings is 1. The Morgan fingerprint density at radius 1 is 0.853 bits per heavy atom. The summed E-state index contributed by atoms with van der Waals surface area (Å²) in [5.41, 5.74) is 16.7. The number of hydrogen-bond acceptors (Lipinski definition) is 8. The molecule has 1 aromatic rings. The van der Waals surface area contributed by atoms with E-state index in [0.717, 1.165) is 0 Å². The Morgan fingerprint density at radius 3 is 1.97 bits per heavy atom. The molecule has 0 spiro atoms. The van der Waals surface area contributed by atoms with Crippen LogP contribution in [-0.2, 0) is 35.2 Å². The molecule has 34 heavy (non-hydrogen) atoms. The highest BCUT2D eigenvalue weighted by Crippen LogP contribution is 2.11. The van der Waals surface area contributed by atoms with Crippen molar-refractivity contribution in [1.29, 1.82) is 0 Å². The van der Waals surface area contributed by atoms with Crippen LogP contribution in [0.4, 0.5) is 0 Å². The standard InChI is InChI=1S/C20H28N6O8/c21-12(7-10-1-3-11(27)4-2-10)18(32)26-14(8-16(23)29)20(34)25-13(5-6-15(22)28)19(33)24-9-17(30)31/h1-4,12-14,27H,5-9,21H2,(H2,22,28)(H2,23,29)(H,24,33)(H,25,34)(H,26,32)(H,30,31). The van der Waals surface area contributed by atoms with Gasteiger partial charge >= 0.3 is 5.97 Å². The Morgan fingerprint density at radius 2 is 1.44 bits per heavy atom. The lowest BCUT2D eigenvalue weighted by atomic mass is 10.0. The van der Waals surface area contributed by atoms with E-state index < -0.39 is 66.6 Å². The Kier molecular flexibility index (Phi) is 10.9. The fraction of sp³-hybridized carbons (Fsp3) is 0.400. The number of nitrogens with one attached hydrogen (secondary N) is 3. The minimum absolute atomic E-state index is 0.0262. The van der Waals surface area contributed by atoms with E-state index in [1.807, 2.05) is 0 Å². The zero-order valence-electron chi connectivity index (χ0n) is 18.2. The van der Waals surface area contributed by atoms with Gasteiger partial charge in [0.25, 0.3) is 0 Å². The summed E-state index contributed by atoms with van der Waals surface area (Å²) < 4.78 is 0. The van der Waals surface area contributed by atoms with E-state index in [9.17, 15) is 33.9 Å². The maximum absolute atomic E-state index is 12.7. The highest BCUT2D eigenvalue weighted by molar-refractivity contribution is 5.96. The lowest BCUT2D eigenvalue weighted by Crippen LogP contribution is -2.57. The van der Waals surface area contributed by atoms with Crippen molar-refractivity contribution >= 4 is 35.5 Å². The van der Waals surface area contributed by atoms with Gasteiger partial charge in [-0.1, -0.05) is 12.1 Å². The number of carbonyl (C=O) groups is 6. The molecule has 0 saturated carbocycles. The number of carbonyl (C=O) groups excluding carboxylic acids is 5. The van der Waals surface area contributed by atoms with Crippen LogP contribution in [0.1, 0.15) is 24.8 Å². The number of hydrogen-bond donors (Lipinski definition) is 8. The third-order valence-electron chi connectivity index (χ3n) is 4.49. The second-order valence-electron chi connectivity index (χ2n) is 7.39. The largest absolute Gasteiger partial charge is 0.508 e. The summed E-state index contributed by atoms with van der Waals surface area (Å²) >= 11 is 0. The molecule has 3 unspecified atom stereocenters. The minimum atomic E-state index is -1.50. The summed E-state index contributed by atoms with van der Waals surface area (Å²) in [6.07, 6.45) is -1.14. The number of carboxylic acids is 1. The topological polar surface area (TPSA) is 257 Å². The van der Waals surface area contributed by atoms with Gasteiger partial charge < -0.3 is 43.4 Å². The summed E-state index contributed by atoms with van der Waals surface area (Å²) in [5, 5.41) is 24.6. The molecule has 3 atom stereocenters. The van der Waals surface area contributed by atoms with Crippen LogP contribution in [-0.4, -0.2) is 70.4 Å². The molecule has 11 N–H and O–H groups in total. The fourth-order valence-electron chi connectivity index (χ4n) is 2.78. The van der Waals surface area contributed by atoms with Gasteiger partial charge in [0.1, 0.15) is 24.4 Å². The van der Waals surface area contributed by atoms with Crippen LogP contribution >= 0.6 is 0 Å². The number of amides is 5. The molecule has 0 saturated heterocycles. The van der Waals surface area contributed by atoms with Crippen LogP contribution in [0.15, 0.2) is 24.3 Å². The summed E-state index contributed by atoms with van der Waals surface area (Å²) in [6.45, 7) is -0.741. The highest BCUT2D eigenvalue weighted by Gasteiger charge is 2.29. The molecule has 5 amide bonds. The summed E-state index contributed by atoms with van der Waals surface area (Å²) in [5.74, 6) is -5.70. The monoisotopic (exact) mass is 480 g/mol. The van der Waals surface area contributed by atoms with Gasteiger partial charge in [0, 0.05) is 6.42 Å². The van der Waals surface area contributed by atoms with Gasteiger partial charge in [0.15, 0.2) is 0 Å². The van der Waals surface area contributed by atoms with Crippen molar-refractivity contribution in [3.63, 3.8) is 0 Å². The fourth-order valence-corrected chi connectivity index (χ4v) is 2.78. The summed E-state index contributed by atoms with van der Waals surface area (Å²) in [4.78, 5) is 70.6. The first-order valence-corrected chi connectivity index (χ1v) is 10.1. The first-order chi connectivity index (χ1) is 15.9. The van der Waals surface area contributed by atoms with E-state index in [2.05, 4.69) is 16.0 Å². The van der Waals surface area contributed by atoms with E-state index >= 15 is 0 Å². The molecule has 14 nitrogen and oxygen atoms in total. The molecule has 0 aromatic heterocycles. The number of carboxylic acid groups (broad SMARTS) is 1. The second-order valence-corrected chi connectivity index (χ2v) is 7.39.